The van der Waals surface area contributed by atoms with Crippen molar-refractivity contribution in [1.82, 2.24) is 4.98 Å². The van der Waals surface area contributed by atoms with Crippen molar-refractivity contribution in [3.05, 3.63) is 39.9 Å². The molecule has 25 heavy (non-hydrogen) atoms. The van der Waals surface area contributed by atoms with Crippen LogP contribution in [0.15, 0.2) is 24.3 Å². The number of non-ortho nitro benzene ring substituents is 1. The Morgan fingerprint density at radius 1 is 1.32 bits per heavy atom. The van der Waals surface area contributed by atoms with E-state index in [9.17, 15) is 15.4 Å². The number of fused-ring (bicyclic) bond motifs is 1. The SMILES string of the molecule is N#Cc1cc(NC2CCOC(C3CC3)C2)nc2ccc([N+](=O)[O-])cc12. The molecule has 4 rings (SSSR count). The first kappa shape index (κ1) is 15.8. The highest BCUT2D eigenvalue weighted by molar-refractivity contribution is 5.88. The van der Waals surface area contributed by atoms with Gasteiger partial charge in [0.05, 0.1) is 28.2 Å². The average molecular weight is 338 g/mol. The minimum Gasteiger partial charge on any atom is -0.378 e. The van der Waals surface area contributed by atoms with Crippen molar-refractivity contribution >= 4 is 22.4 Å². The summed E-state index contributed by atoms with van der Waals surface area (Å²) in [7, 11) is 0. The largest absolute Gasteiger partial charge is 0.378 e. The van der Waals surface area contributed by atoms with Gasteiger partial charge in [0.25, 0.3) is 5.69 Å². The number of nitrogens with zero attached hydrogens (tertiary/aromatic N) is 3. The van der Waals surface area contributed by atoms with Crippen molar-refractivity contribution < 1.29 is 9.66 Å². The minimum atomic E-state index is -0.465. The highest BCUT2D eigenvalue weighted by Gasteiger charge is 2.35. The summed E-state index contributed by atoms with van der Waals surface area (Å²) in [5.41, 5.74) is 0.933. The molecule has 0 spiro atoms. The summed E-state index contributed by atoms with van der Waals surface area (Å²) in [4.78, 5) is 15.0. The second kappa shape index (κ2) is 6.30. The monoisotopic (exact) mass is 338 g/mol. The Kier molecular flexibility index (Phi) is 3.98. The number of nitro benzene ring substituents is 1. The summed E-state index contributed by atoms with van der Waals surface area (Å²) in [6.45, 7) is 0.740. The molecule has 7 heteroatoms. The first-order valence-corrected chi connectivity index (χ1v) is 8.51. The molecule has 128 valence electrons. The maximum Gasteiger partial charge on any atom is 0.270 e. The van der Waals surface area contributed by atoms with Gasteiger partial charge >= 0.3 is 0 Å². The summed E-state index contributed by atoms with van der Waals surface area (Å²) in [6, 6.07) is 8.48. The van der Waals surface area contributed by atoms with E-state index in [0.29, 0.717) is 34.3 Å². The topological polar surface area (TPSA) is 101 Å². The number of nitro groups is 1. The van der Waals surface area contributed by atoms with Crippen LogP contribution in [0.5, 0.6) is 0 Å². The fraction of sp³-hybridized carbons (Fsp3) is 0.444. The molecule has 1 saturated heterocycles. The van der Waals surface area contributed by atoms with E-state index in [4.69, 9.17) is 4.74 Å². The van der Waals surface area contributed by atoms with Crippen molar-refractivity contribution in [1.29, 1.82) is 5.26 Å². The predicted octanol–water partition coefficient (Wildman–Crippen LogP) is 3.38. The highest BCUT2D eigenvalue weighted by Crippen LogP contribution is 2.38. The molecular formula is C18H18N4O3. The molecule has 0 bridgehead atoms. The maximum atomic E-state index is 10.9. The zero-order valence-electron chi connectivity index (χ0n) is 13.6. The Bertz CT molecular complexity index is 872. The third kappa shape index (κ3) is 3.26. The summed E-state index contributed by atoms with van der Waals surface area (Å²) >= 11 is 0. The van der Waals surface area contributed by atoms with Crippen molar-refractivity contribution in [2.24, 2.45) is 5.92 Å². The van der Waals surface area contributed by atoms with Crippen LogP contribution in [0, 0.1) is 27.4 Å². The van der Waals surface area contributed by atoms with E-state index in [1.807, 2.05) is 0 Å². The summed E-state index contributed by atoms with van der Waals surface area (Å²) in [5, 5.41) is 24.3. The van der Waals surface area contributed by atoms with Gasteiger partial charge in [-0.05, 0) is 43.7 Å². The molecule has 2 atom stereocenters. The molecule has 2 aromatic rings. The lowest BCUT2D eigenvalue weighted by molar-refractivity contribution is -0.384. The predicted molar refractivity (Wildman–Crippen MR) is 92.2 cm³/mol. The van der Waals surface area contributed by atoms with Gasteiger partial charge in [-0.1, -0.05) is 0 Å². The van der Waals surface area contributed by atoms with Crippen LogP contribution in [0.2, 0.25) is 0 Å². The molecule has 1 N–H and O–H groups in total. The number of rotatable bonds is 4. The van der Waals surface area contributed by atoms with Crippen LogP contribution in [0.4, 0.5) is 11.5 Å². The van der Waals surface area contributed by atoms with Gasteiger partial charge in [0.15, 0.2) is 0 Å². The quantitative estimate of drug-likeness (QED) is 0.677. The van der Waals surface area contributed by atoms with Gasteiger partial charge < -0.3 is 10.1 Å². The van der Waals surface area contributed by atoms with Crippen LogP contribution >= 0.6 is 0 Å². The normalized spacial score (nSPS) is 23.2. The van der Waals surface area contributed by atoms with Gasteiger partial charge in [0.2, 0.25) is 0 Å². The van der Waals surface area contributed by atoms with E-state index in [-0.39, 0.29) is 11.7 Å². The number of anilines is 1. The van der Waals surface area contributed by atoms with Crippen molar-refractivity contribution in [2.75, 3.05) is 11.9 Å². The number of hydrogen-bond donors (Lipinski definition) is 1. The molecule has 2 heterocycles. The number of aromatic nitrogens is 1. The molecular weight excluding hydrogens is 320 g/mol. The van der Waals surface area contributed by atoms with Gasteiger partial charge in [0.1, 0.15) is 5.82 Å². The van der Waals surface area contributed by atoms with E-state index in [2.05, 4.69) is 16.4 Å². The number of benzene rings is 1. The Hall–Kier alpha value is -2.72. The fourth-order valence-electron chi connectivity index (χ4n) is 3.46. The summed E-state index contributed by atoms with van der Waals surface area (Å²) in [6.07, 6.45) is 4.69. The fourth-order valence-corrected chi connectivity index (χ4v) is 3.46. The van der Waals surface area contributed by atoms with Crippen LogP contribution in [0.25, 0.3) is 10.9 Å². The smallest absolute Gasteiger partial charge is 0.270 e. The molecule has 1 saturated carbocycles. The maximum absolute atomic E-state index is 10.9. The number of nitrogens with one attached hydrogen (secondary N) is 1. The van der Waals surface area contributed by atoms with E-state index in [1.165, 1.54) is 25.0 Å². The number of hydrogen-bond acceptors (Lipinski definition) is 6. The molecule has 0 amide bonds. The first-order valence-electron chi connectivity index (χ1n) is 8.51. The third-order valence-corrected chi connectivity index (χ3v) is 4.94. The van der Waals surface area contributed by atoms with Crippen LogP contribution < -0.4 is 5.32 Å². The summed E-state index contributed by atoms with van der Waals surface area (Å²) in [5.74, 6) is 1.34. The van der Waals surface area contributed by atoms with Gasteiger partial charge in [-0.3, -0.25) is 10.1 Å². The number of pyridine rings is 1. The Morgan fingerprint density at radius 3 is 2.88 bits per heavy atom. The molecule has 1 aliphatic carbocycles. The van der Waals surface area contributed by atoms with Crippen LogP contribution in [-0.2, 0) is 4.74 Å². The zero-order valence-corrected chi connectivity index (χ0v) is 13.6. The van der Waals surface area contributed by atoms with Gasteiger partial charge in [-0.2, -0.15) is 5.26 Å². The second-order valence-electron chi connectivity index (χ2n) is 6.74. The second-order valence-corrected chi connectivity index (χ2v) is 6.74. The van der Waals surface area contributed by atoms with Crippen molar-refractivity contribution in [3.8, 4) is 6.07 Å². The number of nitriles is 1. The van der Waals surface area contributed by atoms with Gasteiger partial charge in [-0.25, -0.2) is 4.98 Å². The Morgan fingerprint density at radius 2 is 2.16 bits per heavy atom. The molecule has 0 radical (unpaired) electrons. The lowest BCUT2D eigenvalue weighted by atomic mass is 10.00. The van der Waals surface area contributed by atoms with E-state index < -0.39 is 4.92 Å². The highest BCUT2D eigenvalue weighted by atomic mass is 16.6. The lowest BCUT2D eigenvalue weighted by Crippen LogP contribution is -2.35. The van der Waals surface area contributed by atoms with E-state index >= 15 is 0 Å². The lowest BCUT2D eigenvalue weighted by Gasteiger charge is -2.30. The molecule has 1 aromatic heterocycles. The van der Waals surface area contributed by atoms with E-state index in [1.54, 1.807) is 12.1 Å². The van der Waals surface area contributed by atoms with Crippen LogP contribution in [0.1, 0.15) is 31.2 Å². The average Bonchev–Trinajstić information content (AvgIpc) is 3.46. The first-order chi connectivity index (χ1) is 12.1. The van der Waals surface area contributed by atoms with Crippen molar-refractivity contribution in [3.63, 3.8) is 0 Å². The molecule has 7 nitrogen and oxygen atoms in total. The van der Waals surface area contributed by atoms with Gasteiger partial charge in [0, 0.05) is 30.2 Å². The van der Waals surface area contributed by atoms with Crippen LogP contribution in [-0.4, -0.2) is 28.7 Å². The molecule has 2 unspecified atom stereocenters. The molecule has 1 aromatic carbocycles. The summed E-state index contributed by atoms with van der Waals surface area (Å²) < 4.78 is 5.84. The minimum absolute atomic E-state index is 0.0387. The molecule has 2 aliphatic rings. The number of ether oxygens (including phenoxy) is 1. The van der Waals surface area contributed by atoms with E-state index in [0.717, 1.165) is 19.4 Å². The Labute approximate surface area is 144 Å². The van der Waals surface area contributed by atoms with Gasteiger partial charge in [-0.15, -0.1) is 0 Å². The standard InChI is InChI=1S/C18H18N4O3/c19-10-12-7-18(20-13-5-6-25-17(8-13)11-1-2-11)21-16-4-3-14(22(23)24)9-15(12)16/h3-4,7,9,11,13,17H,1-2,5-6,8H2,(H,20,21). The molecule has 2 fully saturated rings. The Balaban J connectivity index is 1.60. The molecule has 1 aliphatic heterocycles. The van der Waals surface area contributed by atoms with Crippen molar-refractivity contribution in [2.45, 2.75) is 37.8 Å². The zero-order chi connectivity index (χ0) is 17.4. The third-order valence-electron chi connectivity index (χ3n) is 4.94. The van der Waals surface area contributed by atoms with Crippen LogP contribution in [0.3, 0.4) is 0 Å².